The molecule has 1 aliphatic rings. The summed E-state index contributed by atoms with van der Waals surface area (Å²) < 4.78 is 39.3. The SMILES string of the molecule is CCCC[C@]1(CC)CS(O)(O)c2cc(CCC(=O)N(CC(=O)OCC)CC(=O)OCC)c(OC)cc2[C@@H](c2ccccc2)N1. The molecule has 0 fully saturated rings. The van der Waals surface area contributed by atoms with Gasteiger partial charge in [-0.3, -0.25) is 28.8 Å². The molecule has 0 unspecified atom stereocenters. The topological polar surface area (TPSA) is 135 Å². The summed E-state index contributed by atoms with van der Waals surface area (Å²) in [6.07, 6.45) is 3.58. The number of aryl methyl sites for hydroxylation is 1. The van der Waals surface area contributed by atoms with E-state index < -0.39 is 34.0 Å². The van der Waals surface area contributed by atoms with Gasteiger partial charge in [-0.1, -0.05) is 57.0 Å². The Morgan fingerprint density at radius 2 is 1.64 bits per heavy atom. The third kappa shape index (κ3) is 8.97. The van der Waals surface area contributed by atoms with Crippen LogP contribution in [-0.4, -0.2) is 76.6 Å². The summed E-state index contributed by atoms with van der Waals surface area (Å²) in [5, 5.41) is 3.83. The van der Waals surface area contributed by atoms with E-state index in [0.29, 0.717) is 16.2 Å². The Morgan fingerprint density at radius 1 is 1.00 bits per heavy atom. The Labute approximate surface area is 262 Å². The van der Waals surface area contributed by atoms with Gasteiger partial charge in [0.2, 0.25) is 5.91 Å². The summed E-state index contributed by atoms with van der Waals surface area (Å²) >= 11 is 0. The van der Waals surface area contributed by atoms with Gasteiger partial charge in [-0.15, -0.1) is 0 Å². The average molecular weight is 633 g/mol. The molecule has 1 heterocycles. The fraction of sp³-hybridized carbons (Fsp3) is 0.545. The van der Waals surface area contributed by atoms with Crippen molar-refractivity contribution in [3.63, 3.8) is 0 Å². The number of rotatable bonds is 15. The molecular formula is C33H48N2O8S. The van der Waals surface area contributed by atoms with Crippen LogP contribution in [0, 0.1) is 0 Å². The van der Waals surface area contributed by atoms with E-state index in [1.807, 2.05) is 36.4 Å². The molecule has 0 saturated heterocycles. The number of amides is 1. The van der Waals surface area contributed by atoms with E-state index >= 15 is 0 Å². The normalized spacial score (nSPS) is 19.7. The Balaban J connectivity index is 2.01. The monoisotopic (exact) mass is 632 g/mol. The summed E-state index contributed by atoms with van der Waals surface area (Å²) in [6, 6.07) is 13.2. The van der Waals surface area contributed by atoms with Gasteiger partial charge in [0.1, 0.15) is 18.8 Å². The third-order valence-corrected chi connectivity index (χ3v) is 10.0. The van der Waals surface area contributed by atoms with Crippen molar-refractivity contribution in [2.75, 3.05) is 39.2 Å². The molecule has 244 valence electrons. The minimum atomic E-state index is -3.25. The predicted molar refractivity (Wildman–Crippen MR) is 171 cm³/mol. The number of nitrogens with zero attached hydrogens (tertiary/aromatic N) is 1. The molecule has 10 nitrogen and oxygen atoms in total. The first-order chi connectivity index (χ1) is 21.0. The quantitative estimate of drug-likeness (QED) is 0.211. The van der Waals surface area contributed by atoms with Crippen molar-refractivity contribution in [2.24, 2.45) is 0 Å². The number of unbranched alkanes of at least 4 members (excludes halogenated alkanes) is 1. The molecule has 1 aliphatic heterocycles. The number of nitrogens with one attached hydrogen (secondary N) is 1. The van der Waals surface area contributed by atoms with Gasteiger partial charge in [-0.05, 0) is 56.4 Å². The molecule has 44 heavy (non-hydrogen) atoms. The van der Waals surface area contributed by atoms with E-state index in [0.717, 1.165) is 41.7 Å². The van der Waals surface area contributed by atoms with Gasteiger partial charge in [0.05, 0.1) is 37.0 Å². The molecule has 0 aliphatic carbocycles. The van der Waals surface area contributed by atoms with Crippen LogP contribution in [0.15, 0.2) is 47.4 Å². The van der Waals surface area contributed by atoms with Gasteiger partial charge in [-0.25, -0.2) is 0 Å². The lowest BCUT2D eigenvalue weighted by molar-refractivity contribution is -0.154. The van der Waals surface area contributed by atoms with Crippen LogP contribution in [0.2, 0.25) is 0 Å². The fourth-order valence-electron chi connectivity index (χ4n) is 5.71. The molecule has 0 aromatic heterocycles. The molecule has 0 bridgehead atoms. The first-order valence-corrected chi connectivity index (χ1v) is 17.1. The Kier molecular flexibility index (Phi) is 13.1. The fourth-order valence-corrected chi connectivity index (χ4v) is 7.95. The molecule has 3 rings (SSSR count). The van der Waals surface area contributed by atoms with Crippen molar-refractivity contribution in [2.45, 2.75) is 82.7 Å². The number of carbonyl (C=O) groups is 3. The molecule has 3 N–H and O–H groups in total. The Hall–Kier alpha value is -3.12. The second-order valence-electron chi connectivity index (χ2n) is 11.1. The Bertz CT molecular complexity index is 1250. The number of hydrogen-bond acceptors (Lipinski definition) is 9. The second-order valence-corrected chi connectivity index (χ2v) is 13.2. The highest BCUT2D eigenvalue weighted by Gasteiger charge is 2.42. The molecule has 2 aromatic rings. The number of esters is 2. The van der Waals surface area contributed by atoms with E-state index in [2.05, 4.69) is 19.2 Å². The summed E-state index contributed by atoms with van der Waals surface area (Å²) in [4.78, 5) is 39.2. The number of hydrogen-bond donors (Lipinski definition) is 3. The van der Waals surface area contributed by atoms with Crippen LogP contribution in [0.1, 0.15) is 82.5 Å². The van der Waals surface area contributed by atoms with Crippen LogP contribution in [0.5, 0.6) is 5.75 Å². The average Bonchev–Trinajstić information content (AvgIpc) is 3.10. The maximum atomic E-state index is 13.3. The van der Waals surface area contributed by atoms with Gasteiger partial charge < -0.3 is 19.1 Å². The summed E-state index contributed by atoms with van der Waals surface area (Å²) in [7, 11) is -1.71. The van der Waals surface area contributed by atoms with Gasteiger partial charge in [0.15, 0.2) is 0 Å². The molecule has 0 spiro atoms. The second kappa shape index (κ2) is 16.3. The van der Waals surface area contributed by atoms with Crippen molar-refractivity contribution < 1.29 is 37.7 Å². The molecule has 0 saturated carbocycles. The largest absolute Gasteiger partial charge is 0.496 e. The zero-order chi connectivity index (χ0) is 32.3. The van der Waals surface area contributed by atoms with Crippen LogP contribution in [0.3, 0.4) is 0 Å². The molecule has 2 aromatic carbocycles. The van der Waals surface area contributed by atoms with E-state index in [-0.39, 0.29) is 50.9 Å². The lowest BCUT2D eigenvalue weighted by Crippen LogP contribution is -2.49. The van der Waals surface area contributed by atoms with Crippen LogP contribution in [0.25, 0.3) is 0 Å². The van der Waals surface area contributed by atoms with Crippen molar-refractivity contribution in [3.05, 3.63) is 59.2 Å². The zero-order valence-corrected chi connectivity index (χ0v) is 27.4. The highest BCUT2D eigenvalue weighted by molar-refractivity contribution is 8.24. The predicted octanol–water partition coefficient (Wildman–Crippen LogP) is 5.72. The lowest BCUT2D eigenvalue weighted by atomic mass is 9.87. The smallest absolute Gasteiger partial charge is 0.325 e. The van der Waals surface area contributed by atoms with E-state index in [9.17, 15) is 23.5 Å². The lowest BCUT2D eigenvalue weighted by Gasteiger charge is -2.42. The van der Waals surface area contributed by atoms with E-state index in [4.69, 9.17) is 14.2 Å². The Morgan fingerprint density at radius 3 is 2.18 bits per heavy atom. The van der Waals surface area contributed by atoms with E-state index in [1.165, 1.54) is 7.11 Å². The van der Waals surface area contributed by atoms with Gasteiger partial charge in [-0.2, -0.15) is 10.6 Å². The summed E-state index contributed by atoms with van der Waals surface area (Å²) in [6.45, 7) is 7.06. The molecule has 0 radical (unpaired) electrons. The van der Waals surface area contributed by atoms with Crippen molar-refractivity contribution in [3.8, 4) is 5.75 Å². The van der Waals surface area contributed by atoms with Gasteiger partial charge in [0, 0.05) is 17.5 Å². The van der Waals surface area contributed by atoms with Crippen molar-refractivity contribution in [1.82, 2.24) is 10.2 Å². The number of ether oxygens (including phenoxy) is 3. The maximum Gasteiger partial charge on any atom is 0.325 e. The minimum Gasteiger partial charge on any atom is -0.496 e. The van der Waals surface area contributed by atoms with Gasteiger partial charge in [0.25, 0.3) is 0 Å². The molecule has 11 heteroatoms. The summed E-state index contributed by atoms with van der Waals surface area (Å²) in [5.41, 5.74) is 1.84. The van der Waals surface area contributed by atoms with Crippen LogP contribution in [0.4, 0.5) is 0 Å². The highest BCUT2D eigenvalue weighted by Crippen LogP contribution is 2.58. The zero-order valence-electron chi connectivity index (χ0n) is 26.6. The molecule has 1 amide bonds. The number of methoxy groups -OCH3 is 1. The van der Waals surface area contributed by atoms with Crippen molar-refractivity contribution in [1.29, 1.82) is 0 Å². The summed E-state index contributed by atoms with van der Waals surface area (Å²) in [5.74, 6) is -1.01. The third-order valence-electron chi connectivity index (χ3n) is 8.03. The number of benzene rings is 2. The van der Waals surface area contributed by atoms with E-state index in [1.54, 1.807) is 19.9 Å². The number of carbonyl (C=O) groups excluding carboxylic acids is 3. The standard InChI is InChI=1S/C33H48N2O8S/c1-6-10-18-33(7-2)23-44(39,40)28-19-25(27(41-5)20-26(28)32(34-33)24-14-12-11-13-15-24)16-17-29(36)35(21-30(37)42-8-3)22-31(38)43-9-4/h11-15,19-20,32,34,39-40H,6-10,16-18,21-23H2,1-5H3/t32-,33-/m1/s1. The van der Waals surface area contributed by atoms with Crippen LogP contribution >= 0.6 is 10.6 Å². The minimum absolute atomic E-state index is 0.0527. The van der Waals surface area contributed by atoms with Gasteiger partial charge >= 0.3 is 11.9 Å². The first kappa shape index (κ1) is 35.4. The van der Waals surface area contributed by atoms with Crippen LogP contribution < -0.4 is 10.1 Å². The number of fused-ring (bicyclic) bond motifs is 1. The molecular weight excluding hydrogens is 584 g/mol. The van der Waals surface area contributed by atoms with Crippen LogP contribution in [-0.2, 0) is 30.3 Å². The maximum absolute atomic E-state index is 13.3. The first-order valence-electron chi connectivity index (χ1n) is 15.4. The van der Waals surface area contributed by atoms with Crippen molar-refractivity contribution >= 4 is 28.4 Å². The molecule has 2 atom stereocenters. The highest BCUT2D eigenvalue weighted by atomic mass is 32.3.